The number of likely N-dealkylation sites (tertiary alicyclic amines) is 3. The van der Waals surface area contributed by atoms with Crippen molar-refractivity contribution < 1.29 is 18.7 Å². The van der Waals surface area contributed by atoms with Crippen molar-refractivity contribution in [2.75, 3.05) is 19.6 Å². The molecule has 0 aliphatic carbocycles. The first-order chi connectivity index (χ1) is 17.9. The zero-order valence-electron chi connectivity index (χ0n) is 23.1. The Bertz CT molecular complexity index is 1090. The lowest BCUT2D eigenvalue weighted by Gasteiger charge is -2.42. The molecule has 3 aliphatic heterocycles. The Hall–Kier alpha value is -3.12. The molecule has 1 aromatic carbocycles. The number of carbonyl (C=O) groups is 2. The average Bonchev–Trinajstić information content (AvgIpc) is 3.54. The van der Waals surface area contributed by atoms with Gasteiger partial charge in [-0.1, -0.05) is 32.6 Å². The predicted molar refractivity (Wildman–Crippen MR) is 142 cm³/mol. The first kappa shape index (κ1) is 27.9. The molecule has 3 saturated heterocycles. The van der Waals surface area contributed by atoms with Gasteiger partial charge in [-0.2, -0.15) is 5.26 Å². The van der Waals surface area contributed by atoms with E-state index in [1.807, 2.05) is 30.6 Å². The molecule has 38 heavy (non-hydrogen) atoms. The van der Waals surface area contributed by atoms with Crippen LogP contribution in [0.5, 0.6) is 0 Å². The van der Waals surface area contributed by atoms with E-state index in [9.17, 15) is 19.2 Å². The van der Waals surface area contributed by atoms with Gasteiger partial charge in [0.25, 0.3) is 0 Å². The maximum atomic E-state index is 13.7. The minimum atomic E-state index is -0.659. The molecule has 206 valence electrons. The maximum absolute atomic E-state index is 13.7. The maximum Gasteiger partial charge on any atom is 0.408 e. The Balaban J connectivity index is 1.51. The van der Waals surface area contributed by atoms with Gasteiger partial charge in [0, 0.05) is 31.4 Å². The van der Waals surface area contributed by atoms with Crippen LogP contribution in [-0.2, 0) is 9.53 Å². The molecule has 5 atom stereocenters. The van der Waals surface area contributed by atoms with Crippen LogP contribution in [0.2, 0.25) is 0 Å². The van der Waals surface area contributed by atoms with Crippen LogP contribution in [0.25, 0.3) is 0 Å². The second kappa shape index (κ2) is 10.9. The second-order valence-corrected chi connectivity index (χ2v) is 12.0. The Morgan fingerprint density at radius 1 is 1.29 bits per heavy atom. The van der Waals surface area contributed by atoms with Crippen molar-refractivity contribution in [1.29, 1.82) is 5.26 Å². The molecule has 3 unspecified atom stereocenters. The Morgan fingerprint density at radius 3 is 2.55 bits per heavy atom. The van der Waals surface area contributed by atoms with Crippen LogP contribution in [-0.4, -0.2) is 76.1 Å². The molecule has 2 amide bonds. The number of nitrogens with zero attached hydrogens (tertiary/aromatic N) is 4. The molecular weight excluding hydrogens is 485 g/mol. The highest BCUT2D eigenvalue weighted by Gasteiger charge is 2.53. The number of ether oxygens (including phenoxy) is 1. The number of nitrogens with one attached hydrogen (secondary N) is 1. The van der Waals surface area contributed by atoms with Crippen molar-refractivity contribution in [3.8, 4) is 6.07 Å². The van der Waals surface area contributed by atoms with E-state index in [-0.39, 0.29) is 41.8 Å². The van der Waals surface area contributed by atoms with Crippen LogP contribution < -0.4 is 5.32 Å². The molecule has 3 heterocycles. The lowest BCUT2D eigenvalue weighted by atomic mass is 9.93. The van der Waals surface area contributed by atoms with E-state index < -0.39 is 17.7 Å². The highest BCUT2D eigenvalue weighted by atomic mass is 19.1. The number of hydrogen-bond donors (Lipinski definition) is 1. The van der Waals surface area contributed by atoms with Crippen molar-refractivity contribution in [3.63, 3.8) is 0 Å². The van der Waals surface area contributed by atoms with Crippen molar-refractivity contribution in [2.24, 2.45) is 5.92 Å². The van der Waals surface area contributed by atoms with Crippen LogP contribution >= 0.6 is 0 Å². The second-order valence-electron chi connectivity index (χ2n) is 12.0. The lowest BCUT2D eigenvalue weighted by Crippen LogP contribution is -2.56. The standard InChI is InChI=1S/C29H40FN5O3/c1-18(2)26(20-9-11-21(30)12-10-20)35-23-14-25(27(35)36)33(16-23)17-24(32-28(37)38-29(4,5)6)19(3)34-13-7-8-22(34)15-31/h9-12,18,22-26H,3,7-8,13-14,16-17H2,1-2,4-6H3,(H,32,37)/t22?,23-,24?,25?,26-/m0/s1. The fourth-order valence-electron chi connectivity index (χ4n) is 6.15. The summed E-state index contributed by atoms with van der Waals surface area (Å²) in [5.74, 6) is -0.0734. The zero-order chi connectivity index (χ0) is 27.8. The van der Waals surface area contributed by atoms with Gasteiger partial charge < -0.3 is 19.9 Å². The molecule has 0 radical (unpaired) electrons. The predicted octanol–water partition coefficient (Wildman–Crippen LogP) is 4.20. The molecule has 1 N–H and O–H groups in total. The van der Waals surface area contributed by atoms with E-state index in [1.54, 1.807) is 12.1 Å². The number of fused-ring (bicyclic) bond motifs is 2. The van der Waals surface area contributed by atoms with Crippen LogP contribution in [0, 0.1) is 23.1 Å². The molecule has 2 bridgehead atoms. The molecule has 3 fully saturated rings. The number of rotatable bonds is 8. The number of halogens is 1. The Kier molecular flexibility index (Phi) is 8.03. The van der Waals surface area contributed by atoms with Gasteiger partial charge in [0.15, 0.2) is 0 Å². The smallest absolute Gasteiger partial charge is 0.408 e. The summed E-state index contributed by atoms with van der Waals surface area (Å²) in [6.07, 6.45) is 1.80. The van der Waals surface area contributed by atoms with Crippen molar-refractivity contribution in [2.45, 2.75) is 89.7 Å². The number of nitriles is 1. The summed E-state index contributed by atoms with van der Waals surface area (Å²) >= 11 is 0. The number of alkyl carbamates (subject to hydrolysis) is 1. The quantitative estimate of drug-likeness (QED) is 0.547. The van der Waals surface area contributed by atoms with E-state index in [0.717, 1.165) is 18.4 Å². The van der Waals surface area contributed by atoms with E-state index >= 15 is 0 Å². The van der Waals surface area contributed by atoms with Gasteiger partial charge in [-0.25, -0.2) is 9.18 Å². The summed E-state index contributed by atoms with van der Waals surface area (Å²) in [5, 5.41) is 12.6. The van der Waals surface area contributed by atoms with Gasteiger partial charge >= 0.3 is 6.09 Å². The Labute approximate surface area is 225 Å². The summed E-state index contributed by atoms with van der Waals surface area (Å²) in [6.45, 7) is 15.6. The van der Waals surface area contributed by atoms with Gasteiger partial charge in [-0.3, -0.25) is 9.69 Å². The number of carbonyl (C=O) groups excluding carboxylic acids is 2. The third-order valence-electron chi connectivity index (χ3n) is 7.74. The van der Waals surface area contributed by atoms with Gasteiger partial charge in [-0.15, -0.1) is 0 Å². The van der Waals surface area contributed by atoms with E-state index in [4.69, 9.17) is 4.74 Å². The zero-order valence-corrected chi connectivity index (χ0v) is 23.1. The normalized spacial score (nSPS) is 25.0. The molecule has 8 nitrogen and oxygen atoms in total. The molecule has 9 heteroatoms. The molecular formula is C29H40FN5O3. The van der Waals surface area contributed by atoms with Crippen LogP contribution in [0.4, 0.5) is 9.18 Å². The van der Waals surface area contributed by atoms with Crippen LogP contribution in [0.3, 0.4) is 0 Å². The first-order valence-electron chi connectivity index (χ1n) is 13.6. The fraction of sp³-hybridized carbons (Fsp3) is 0.621. The summed E-state index contributed by atoms with van der Waals surface area (Å²) in [7, 11) is 0. The van der Waals surface area contributed by atoms with Gasteiger partial charge in [0.1, 0.15) is 17.5 Å². The van der Waals surface area contributed by atoms with Gasteiger partial charge in [-0.05, 0) is 63.6 Å². The minimum absolute atomic E-state index is 0.0269. The molecule has 0 spiro atoms. The SMILES string of the molecule is C=C(C(CN1C[C@@H]2CC1C(=O)N2[C@H](c1ccc(F)cc1)C(C)C)NC(=O)OC(C)(C)C)N1CCCC1C#N. The Morgan fingerprint density at radius 2 is 1.97 bits per heavy atom. The molecule has 3 aliphatic rings. The first-order valence-corrected chi connectivity index (χ1v) is 13.6. The third kappa shape index (κ3) is 5.80. The summed E-state index contributed by atoms with van der Waals surface area (Å²) in [4.78, 5) is 32.5. The fourth-order valence-corrected chi connectivity index (χ4v) is 6.15. The van der Waals surface area contributed by atoms with Gasteiger partial charge in [0.2, 0.25) is 5.91 Å². The van der Waals surface area contributed by atoms with Gasteiger partial charge in [0.05, 0.1) is 24.2 Å². The van der Waals surface area contributed by atoms with Crippen LogP contribution in [0.15, 0.2) is 36.5 Å². The number of amides is 2. The summed E-state index contributed by atoms with van der Waals surface area (Å²) in [6, 6.07) is 7.58. The van der Waals surface area contributed by atoms with Crippen LogP contribution in [0.1, 0.15) is 65.5 Å². The largest absolute Gasteiger partial charge is 0.444 e. The number of piperazine rings is 1. The molecule has 4 rings (SSSR count). The topological polar surface area (TPSA) is 88.9 Å². The van der Waals surface area contributed by atoms with Crippen molar-refractivity contribution in [1.82, 2.24) is 20.0 Å². The van der Waals surface area contributed by atoms with E-state index in [2.05, 4.69) is 36.7 Å². The minimum Gasteiger partial charge on any atom is -0.444 e. The highest BCUT2D eigenvalue weighted by molar-refractivity contribution is 5.86. The summed E-state index contributed by atoms with van der Waals surface area (Å²) < 4.78 is 19.1. The van der Waals surface area contributed by atoms with Crippen molar-refractivity contribution >= 4 is 12.0 Å². The highest BCUT2D eigenvalue weighted by Crippen LogP contribution is 2.41. The molecule has 0 aromatic heterocycles. The summed E-state index contributed by atoms with van der Waals surface area (Å²) in [5.41, 5.74) is 0.940. The number of hydrogen-bond acceptors (Lipinski definition) is 6. The lowest BCUT2D eigenvalue weighted by molar-refractivity contribution is -0.140. The third-order valence-corrected chi connectivity index (χ3v) is 7.74. The molecule has 0 saturated carbocycles. The monoisotopic (exact) mass is 525 g/mol. The van der Waals surface area contributed by atoms with Crippen molar-refractivity contribution in [3.05, 3.63) is 47.9 Å². The number of benzene rings is 1. The van der Waals surface area contributed by atoms with E-state index in [1.165, 1.54) is 12.1 Å². The molecule has 1 aromatic rings. The van der Waals surface area contributed by atoms with E-state index in [0.29, 0.717) is 31.8 Å². The average molecular weight is 526 g/mol.